The fraction of sp³-hybridized carbons (Fsp3) is 0.429. The largest absolute Gasteiger partial charge is 0.296 e. The third kappa shape index (κ3) is 1.86. The first kappa shape index (κ1) is 7.91. The molecule has 0 bridgehead atoms. The summed E-state index contributed by atoms with van der Waals surface area (Å²) < 4.78 is 13.2. The Morgan fingerprint density at radius 3 is 3.18 bits per heavy atom. The smallest absolute Gasteiger partial charge is 0.168 e. The van der Waals surface area contributed by atoms with Crippen molar-refractivity contribution in [2.45, 2.75) is 13.0 Å². The lowest BCUT2D eigenvalue weighted by molar-refractivity contribution is 0.111. The Morgan fingerprint density at radius 2 is 2.55 bits per heavy atom. The minimum Gasteiger partial charge on any atom is -0.296 e. The second-order valence-electron chi connectivity index (χ2n) is 2.14. The number of hydrogen-bond acceptors (Lipinski definition) is 2. The molecule has 0 spiro atoms. The molecule has 1 aromatic heterocycles. The van der Waals surface area contributed by atoms with Gasteiger partial charge in [0.1, 0.15) is 5.69 Å². The van der Waals surface area contributed by atoms with E-state index in [-0.39, 0.29) is 6.67 Å². The zero-order valence-corrected chi connectivity index (χ0v) is 6.03. The van der Waals surface area contributed by atoms with Gasteiger partial charge in [0.25, 0.3) is 0 Å². The molecule has 0 N–H and O–H groups in total. The van der Waals surface area contributed by atoms with Gasteiger partial charge in [0.15, 0.2) is 6.29 Å². The molecule has 1 heterocycles. The molecule has 0 fully saturated rings. The van der Waals surface area contributed by atoms with Crippen molar-refractivity contribution in [2.24, 2.45) is 0 Å². The summed E-state index contributed by atoms with van der Waals surface area (Å²) in [5.74, 6) is 0. The predicted octanol–water partition coefficient (Wildman–Crippen LogP) is 1.06. The van der Waals surface area contributed by atoms with Crippen molar-refractivity contribution in [1.82, 2.24) is 9.78 Å². The van der Waals surface area contributed by atoms with E-state index in [9.17, 15) is 9.18 Å². The normalized spacial score (nSPS) is 9.91. The molecule has 0 atom stereocenters. The summed E-state index contributed by atoms with van der Waals surface area (Å²) in [6.07, 6.45) is 2.65. The highest BCUT2D eigenvalue weighted by molar-refractivity contribution is 5.71. The number of hydrogen-bond donors (Lipinski definition) is 0. The van der Waals surface area contributed by atoms with Crippen molar-refractivity contribution < 1.29 is 9.18 Å². The first-order valence-electron chi connectivity index (χ1n) is 3.41. The lowest BCUT2D eigenvalue weighted by atomic mass is 10.4. The Kier molecular flexibility index (Phi) is 2.77. The summed E-state index contributed by atoms with van der Waals surface area (Å²) in [6.45, 7) is 0.0930. The van der Waals surface area contributed by atoms with Crippen LogP contribution in [0.25, 0.3) is 0 Å². The van der Waals surface area contributed by atoms with Crippen LogP contribution in [-0.4, -0.2) is 22.7 Å². The minimum atomic E-state index is -0.377. The lowest BCUT2D eigenvalue weighted by Crippen LogP contribution is -2.04. The molecular formula is C7H9FN2O. The Hall–Kier alpha value is -1.19. The average Bonchev–Trinajstić information content (AvgIpc) is 2.47. The van der Waals surface area contributed by atoms with Crippen molar-refractivity contribution in [3.05, 3.63) is 18.0 Å². The second kappa shape index (κ2) is 3.85. The molecule has 3 nitrogen and oxygen atoms in total. The monoisotopic (exact) mass is 156 g/mol. The first-order valence-corrected chi connectivity index (χ1v) is 3.41. The molecule has 0 aliphatic carbocycles. The molecule has 0 radical (unpaired) electrons. The molecule has 0 aliphatic heterocycles. The van der Waals surface area contributed by atoms with Crippen molar-refractivity contribution >= 4 is 6.29 Å². The summed E-state index contributed by atoms with van der Waals surface area (Å²) in [5, 5.41) is 3.84. The van der Waals surface area contributed by atoms with E-state index in [0.29, 0.717) is 24.9 Å². The standard InChI is InChI=1S/C7H9FN2O/c8-3-1-5-10-7(6-11)2-4-9-10/h2,4,6H,1,3,5H2. The number of nitrogens with zero attached hydrogens (tertiary/aromatic N) is 2. The number of rotatable bonds is 4. The molecule has 0 saturated heterocycles. The van der Waals surface area contributed by atoms with Gasteiger partial charge in [0.05, 0.1) is 6.67 Å². The SMILES string of the molecule is O=Cc1ccnn1CCCF. The van der Waals surface area contributed by atoms with Gasteiger partial charge in [-0.15, -0.1) is 0 Å². The second-order valence-corrected chi connectivity index (χ2v) is 2.14. The van der Waals surface area contributed by atoms with Gasteiger partial charge >= 0.3 is 0 Å². The summed E-state index contributed by atoms with van der Waals surface area (Å²) >= 11 is 0. The molecule has 0 saturated carbocycles. The molecular weight excluding hydrogens is 147 g/mol. The maximum atomic E-state index is 11.7. The Labute approximate surface area is 63.8 Å². The van der Waals surface area contributed by atoms with Crippen LogP contribution in [0.1, 0.15) is 16.9 Å². The van der Waals surface area contributed by atoms with Crippen LogP contribution in [0.4, 0.5) is 4.39 Å². The number of aldehydes is 1. The van der Waals surface area contributed by atoms with E-state index in [2.05, 4.69) is 5.10 Å². The fourth-order valence-electron chi connectivity index (χ4n) is 0.839. The molecule has 0 aliphatic rings. The van der Waals surface area contributed by atoms with Crippen molar-refractivity contribution in [2.75, 3.05) is 6.67 Å². The number of halogens is 1. The van der Waals surface area contributed by atoms with E-state index in [1.54, 1.807) is 6.07 Å². The van der Waals surface area contributed by atoms with Gasteiger partial charge < -0.3 is 0 Å². The van der Waals surface area contributed by atoms with E-state index >= 15 is 0 Å². The Morgan fingerprint density at radius 1 is 1.73 bits per heavy atom. The van der Waals surface area contributed by atoms with Crippen LogP contribution in [0.3, 0.4) is 0 Å². The van der Waals surface area contributed by atoms with Crippen LogP contribution in [0.5, 0.6) is 0 Å². The minimum absolute atomic E-state index is 0.377. The highest BCUT2D eigenvalue weighted by atomic mass is 19.1. The lowest BCUT2D eigenvalue weighted by Gasteiger charge is -1.98. The number of carbonyl (C=O) groups excluding carboxylic acids is 1. The summed E-state index contributed by atoms with van der Waals surface area (Å²) in [5.41, 5.74) is 0.499. The molecule has 1 aromatic rings. The average molecular weight is 156 g/mol. The number of alkyl halides is 1. The van der Waals surface area contributed by atoms with Crippen molar-refractivity contribution in [3.63, 3.8) is 0 Å². The summed E-state index contributed by atoms with van der Waals surface area (Å²) in [6, 6.07) is 1.60. The molecule has 0 amide bonds. The van der Waals surface area contributed by atoms with Crippen LogP contribution in [0, 0.1) is 0 Å². The Bertz CT molecular complexity index is 234. The van der Waals surface area contributed by atoms with Crippen molar-refractivity contribution in [1.29, 1.82) is 0 Å². The van der Waals surface area contributed by atoms with E-state index < -0.39 is 0 Å². The zero-order chi connectivity index (χ0) is 8.10. The third-order valence-corrected chi connectivity index (χ3v) is 1.37. The van der Waals surface area contributed by atoms with Crippen LogP contribution in [0.2, 0.25) is 0 Å². The predicted molar refractivity (Wildman–Crippen MR) is 38.2 cm³/mol. The van der Waals surface area contributed by atoms with Gasteiger partial charge in [-0.3, -0.25) is 13.9 Å². The quantitative estimate of drug-likeness (QED) is 0.611. The van der Waals surface area contributed by atoms with Crippen LogP contribution in [0.15, 0.2) is 12.3 Å². The molecule has 0 aromatic carbocycles. The number of aromatic nitrogens is 2. The van der Waals surface area contributed by atoms with Crippen LogP contribution < -0.4 is 0 Å². The van der Waals surface area contributed by atoms with E-state index in [4.69, 9.17) is 0 Å². The zero-order valence-electron chi connectivity index (χ0n) is 6.03. The summed E-state index contributed by atoms with van der Waals surface area (Å²) in [7, 11) is 0. The van der Waals surface area contributed by atoms with Gasteiger partial charge in [-0.1, -0.05) is 0 Å². The van der Waals surface area contributed by atoms with Gasteiger partial charge in [-0.25, -0.2) is 0 Å². The van der Waals surface area contributed by atoms with Gasteiger partial charge in [-0.05, 0) is 12.5 Å². The third-order valence-electron chi connectivity index (χ3n) is 1.37. The molecule has 60 valence electrons. The highest BCUT2D eigenvalue weighted by Crippen LogP contribution is 1.96. The van der Waals surface area contributed by atoms with E-state index in [1.807, 2.05) is 0 Å². The van der Waals surface area contributed by atoms with Gasteiger partial charge in [-0.2, -0.15) is 5.10 Å². The maximum Gasteiger partial charge on any atom is 0.168 e. The van der Waals surface area contributed by atoms with Crippen molar-refractivity contribution in [3.8, 4) is 0 Å². The number of aryl methyl sites for hydroxylation is 1. The number of carbonyl (C=O) groups is 1. The first-order chi connectivity index (χ1) is 5.38. The highest BCUT2D eigenvalue weighted by Gasteiger charge is 1.98. The van der Waals surface area contributed by atoms with E-state index in [1.165, 1.54) is 10.9 Å². The topological polar surface area (TPSA) is 34.9 Å². The molecule has 1 rings (SSSR count). The maximum absolute atomic E-state index is 11.7. The summed E-state index contributed by atoms with van der Waals surface area (Å²) in [4.78, 5) is 10.3. The van der Waals surface area contributed by atoms with Gasteiger partial charge in [0, 0.05) is 12.7 Å². The fourth-order valence-corrected chi connectivity index (χ4v) is 0.839. The van der Waals surface area contributed by atoms with E-state index in [0.717, 1.165) is 0 Å². The molecule has 0 unspecified atom stereocenters. The van der Waals surface area contributed by atoms with Gasteiger partial charge in [0.2, 0.25) is 0 Å². The van der Waals surface area contributed by atoms with Crippen LogP contribution in [-0.2, 0) is 6.54 Å². The molecule has 4 heteroatoms. The molecule has 11 heavy (non-hydrogen) atoms. The Balaban J connectivity index is 2.61. The van der Waals surface area contributed by atoms with Crippen LogP contribution >= 0.6 is 0 Å².